The first-order chi connectivity index (χ1) is 10.1. The van der Waals surface area contributed by atoms with E-state index in [0.717, 1.165) is 28.2 Å². The number of hydrogen-bond acceptors (Lipinski definition) is 4. The zero-order valence-electron chi connectivity index (χ0n) is 12.3. The summed E-state index contributed by atoms with van der Waals surface area (Å²) in [5, 5.41) is 0. The maximum atomic E-state index is 5.86. The number of fused-ring (bicyclic) bond motifs is 1. The van der Waals surface area contributed by atoms with E-state index in [1.54, 1.807) is 14.2 Å². The van der Waals surface area contributed by atoms with Crippen molar-refractivity contribution in [1.29, 1.82) is 0 Å². The third-order valence-corrected chi connectivity index (χ3v) is 3.58. The maximum Gasteiger partial charge on any atom is 0.142 e. The van der Waals surface area contributed by atoms with Crippen LogP contribution >= 0.6 is 0 Å². The van der Waals surface area contributed by atoms with Crippen LogP contribution in [-0.2, 0) is 7.05 Å². The molecular weight excluding hydrogens is 266 g/mol. The second-order valence-corrected chi connectivity index (χ2v) is 4.81. The number of nitrogens with zero attached hydrogens (tertiary/aromatic N) is 2. The van der Waals surface area contributed by atoms with Gasteiger partial charge in [0.1, 0.15) is 17.3 Å². The van der Waals surface area contributed by atoms with E-state index in [9.17, 15) is 0 Å². The van der Waals surface area contributed by atoms with Gasteiger partial charge in [-0.1, -0.05) is 0 Å². The van der Waals surface area contributed by atoms with Gasteiger partial charge in [0, 0.05) is 18.7 Å². The lowest BCUT2D eigenvalue weighted by Gasteiger charge is -2.07. The molecule has 21 heavy (non-hydrogen) atoms. The van der Waals surface area contributed by atoms with E-state index >= 15 is 0 Å². The predicted octanol–water partition coefficient (Wildman–Crippen LogP) is 2.84. The maximum absolute atomic E-state index is 5.86. The number of anilines is 1. The molecule has 0 fully saturated rings. The van der Waals surface area contributed by atoms with Crippen LogP contribution in [0.2, 0.25) is 0 Å². The van der Waals surface area contributed by atoms with Crippen molar-refractivity contribution in [2.45, 2.75) is 0 Å². The number of imidazole rings is 1. The molecule has 0 aliphatic carbocycles. The Labute approximate surface area is 122 Å². The van der Waals surface area contributed by atoms with Gasteiger partial charge in [-0.3, -0.25) is 0 Å². The molecule has 0 aliphatic heterocycles. The fraction of sp³-hybridized carbons (Fsp3) is 0.188. The summed E-state index contributed by atoms with van der Waals surface area (Å²) in [6, 6.07) is 11.5. The molecule has 5 nitrogen and oxygen atoms in total. The highest BCUT2D eigenvalue weighted by molar-refractivity contribution is 5.82. The van der Waals surface area contributed by atoms with Gasteiger partial charge in [0.15, 0.2) is 0 Å². The van der Waals surface area contributed by atoms with Crippen LogP contribution in [0.5, 0.6) is 11.5 Å². The quantitative estimate of drug-likeness (QED) is 0.751. The number of aromatic nitrogens is 2. The number of nitrogen functional groups attached to an aromatic ring is 1. The third-order valence-electron chi connectivity index (χ3n) is 3.58. The Hall–Kier alpha value is -2.69. The number of hydrogen-bond donors (Lipinski definition) is 1. The Kier molecular flexibility index (Phi) is 3.17. The summed E-state index contributed by atoms with van der Waals surface area (Å²) in [6.45, 7) is 0. The first kappa shape index (κ1) is 13.3. The van der Waals surface area contributed by atoms with Crippen LogP contribution in [0.25, 0.3) is 22.4 Å². The van der Waals surface area contributed by atoms with Gasteiger partial charge in [-0.15, -0.1) is 0 Å². The number of rotatable bonds is 3. The molecule has 2 aromatic carbocycles. The average Bonchev–Trinajstić information content (AvgIpc) is 2.84. The van der Waals surface area contributed by atoms with Crippen molar-refractivity contribution in [3.8, 4) is 22.9 Å². The van der Waals surface area contributed by atoms with Gasteiger partial charge in [-0.25, -0.2) is 4.98 Å². The molecule has 3 rings (SSSR count). The summed E-state index contributed by atoms with van der Waals surface area (Å²) >= 11 is 0. The average molecular weight is 283 g/mol. The van der Waals surface area contributed by atoms with E-state index in [1.807, 2.05) is 48.0 Å². The number of nitrogens with two attached hydrogens (primary N) is 1. The minimum absolute atomic E-state index is 0.613. The van der Waals surface area contributed by atoms with Crippen LogP contribution in [0.1, 0.15) is 0 Å². The van der Waals surface area contributed by atoms with Crippen LogP contribution < -0.4 is 15.2 Å². The molecule has 0 atom stereocenters. The largest absolute Gasteiger partial charge is 0.497 e. The Morgan fingerprint density at radius 1 is 1.05 bits per heavy atom. The summed E-state index contributed by atoms with van der Waals surface area (Å²) < 4.78 is 12.6. The summed E-state index contributed by atoms with van der Waals surface area (Å²) in [7, 11) is 5.24. The molecule has 2 N–H and O–H groups in total. The van der Waals surface area contributed by atoms with E-state index in [1.165, 1.54) is 0 Å². The van der Waals surface area contributed by atoms with Crippen molar-refractivity contribution in [2.75, 3.05) is 20.0 Å². The van der Waals surface area contributed by atoms with Crippen molar-refractivity contribution in [3.63, 3.8) is 0 Å². The highest BCUT2D eigenvalue weighted by atomic mass is 16.5. The zero-order chi connectivity index (χ0) is 15.0. The highest BCUT2D eigenvalue weighted by Gasteiger charge is 2.12. The van der Waals surface area contributed by atoms with Crippen molar-refractivity contribution in [2.24, 2.45) is 7.05 Å². The van der Waals surface area contributed by atoms with Gasteiger partial charge in [0.05, 0.1) is 30.9 Å². The molecule has 0 aliphatic rings. The molecule has 3 aromatic rings. The Morgan fingerprint density at radius 2 is 1.86 bits per heavy atom. The molecular formula is C16H17N3O2. The fourth-order valence-corrected chi connectivity index (χ4v) is 2.42. The summed E-state index contributed by atoms with van der Waals surface area (Å²) in [6.07, 6.45) is 0. The molecule has 1 heterocycles. The van der Waals surface area contributed by atoms with Crippen LogP contribution in [0, 0.1) is 0 Å². The summed E-state index contributed by atoms with van der Waals surface area (Å²) in [5.41, 5.74) is 9.36. The van der Waals surface area contributed by atoms with Crippen molar-refractivity contribution < 1.29 is 9.47 Å². The first-order valence-corrected chi connectivity index (χ1v) is 6.58. The predicted molar refractivity (Wildman–Crippen MR) is 83.7 cm³/mol. The number of benzene rings is 2. The van der Waals surface area contributed by atoms with Crippen molar-refractivity contribution >= 4 is 16.7 Å². The summed E-state index contributed by atoms with van der Waals surface area (Å²) in [4.78, 5) is 4.68. The lowest BCUT2D eigenvalue weighted by atomic mass is 10.2. The van der Waals surface area contributed by atoms with Gasteiger partial charge >= 0.3 is 0 Å². The second kappa shape index (κ2) is 5.01. The van der Waals surface area contributed by atoms with Crippen LogP contribution in [0.4, 0.5) is 5.69 Å². The van der Waals surface area contributed by atoms with E-state index < -0.39 is 0 Å². The monoisotopic (exact) mass is 283 g/mol. The number of ether oxygens (including phenoxy) is 2. The van der Waals surface area contributed by atoms with Crippen molar-refractivity contribution in [3.05, 3.63) is 36.4 Å². The molecule has 1 aromatic heterocycles. The van der Waals surface area contributed by atoms with Gasteiger partial charge < -0.3 is 19.8 Å². The number of aryl methyl sites for hydroxylation is 1. The van der Waals surface area contributed by atoms with Gasteiger partial charge in [0.25, 0.3) is 0 Å². The van der Waals surface area contributed by atoms with Crippen LogP contribution in [0.3, 0.4) is 0 Å². The molecule has 5 heteroatoms. The van der Waals surface area contributed by atoms with Crippen LogP contribution in [-0.4, -0.2) is 23.8 Å². The Balaban J connectivity index is 2.18. The minimum atomic E-state index is 0.613. The molecule has 0 saturated heterocycles. The minimum Gasteiger partial charge on any atom is -0.497 e. The third kappa shape index (κ3) is 2.16. The molecule has 108 valence electrons. The summed E-state index contributed by atoms with van der Waals surface area (Å²) in [5.74, 6) is 2.30. The standard InChI is InChI=1S/C16H17N3O2/c1-19-14-7-5-11(20-2)9-13(14)18-16(19)10-4-6-12(17)15(8-10)21-3/h4-9H,17H2,1-3H3. The van der Waals surface area contributed by atoms with E-state index in [-0.39, 0.29) is 0 Å². The Bertz CT molecular complexity index is 809. The normalized spacial score (nSPS) is 10.8. The Morgan fingerprint density at radius 3 is 2.57 bits per heavy atom. The molecule has 0 unspecified atom stereocenters. The van der Waals surface area contributed by atoms with Gasteiger partial charge in [0.2, 0.25) is 0 Å². The number of methoxy groups -OCH3 is 2. The highest BCUT2D eigenvalue weighted by Crippen LogP contribution is 2.30. The smallest absolute Gasteiger partial charge is 0.142 e. The van der Waals surface area contributed by atoms with Crippen molar-refractivity contribution in [1.82, 2.24) is 9.55 Å². The SMILES string of the molecule is COc1ccc2c(c1)nc(-c1ccc(N)c(OC)c1)n2C. The topological polar surface area (TPSA) is 62.3 Å². The molecule has 0 radical (unpaired) electrons. The van der Waals surface area contributed by atoms with E-state index in [2.05, 4.69) is 4.98 Å². The molecule has 0 bridgehead atoms. The van der Waals surface area contributed by atoms with E-state index in [4.69, 9.17) is 15.2 Å². The molecule has 0 spiro atoms. The molecule has 0 saturated carbocycles. The van der Waals surface area contributed by atoms with Gasteiger partial charge in [-0.2, -0.15) is 0 Å². The van der Waals surface area contributed by atoms with E-state index in [0.29, 0.717) is 11.4 Å². The molecule has 0 amide bonds. The van der Waals surface area contributed by atoms with Gasteiger partial charge in [-0.05, 0) is 30.3 Å². The second-order valence-electron chi connectivity index (χ2n) is 4.81. The zero-order valence-corrected chi connectivity index (χ0v) is 12.3. The lowest BCUT2D eigenvalue weighted by molar-refractivity contribution is 0.415. The fourth-order valence-electron chi connectivity index (χ4n) is 2.42. The first-order valence-electron chi connectivity index (χ1n) is 6.58. The lowest BCUT2D eigenvalue weighted by Crippen LogP contribution is -1.96. The van der Waals surface area contributed by atoms with Crippen LogP contribution in [0.15, 0.2) is 36.4 Å².